The van der Waals surface area contributed by atoms with E-state index in [0.29, 0.717) is 6.04 Å². The summed E-state index contributed by atoms with van der Waals surface area (Å²) < 4.78 is 11.4. The van der Waals surface area contributed by atoms with E-state index in [1.807, 2.05) is 24.0 Å². The van der Waals surface area contributed by atoms with Gasteiger partial charge in [0, 0.05) is 31.1 Å². The average molecular weight is 425 g/mol. The van der Waals surface area contributed by atoms with Gasteiger partial charge in [-0.3, -0.25) is 9.98 Å². The van der Waals surface area contributed by atoms with Crippen molar-refractivity contribution in [2.45, 2.75) is 31.5 Å². The molecule has 1 aromatic carbocycles. The van der Waals surface area contributed by atoms with Gasteiger partial charge in [0.1, 0.15) is 11.8 Å². The van der Waals surface area contributed by atoms with Crippen LogP contribution >= 0.6 is 11.8 Å². The van der Waals surface area contributed by atoms with E-state index in [4.69, 9.17) is 14.5 Å². The number of thioether (sulfide) groups is 1. The van der Waals surface area contributed by atoms with Crippen molar-refractivity contribution in [1.29, 1.82) is 0 Å². The van der Waals surface area contributed by atoms with E-state index in [1.54, 1.807) is 7.11 Å². The molecule has 0 spiro atoms. The lowest BCUT2D eigenvalue weighted by Crippen LogP contribution is -2.37. The number of anilines is 1. The highest BCUT2D eigenvalue weighted by molar-refractivity contribution is 8.14. The molecule has 2 saturated heterocycles. The lowest BCUT2D eigenvalue weighted by atomic mass is 9.94. The fraction of sp³-hybridized carbons (Fsp3) is 0.478. The highest BCUT2D eigenvalue weighted by atomic mass is 32.2. The third-order valence-electron chi connectivity index (χ3n) is 6.23. The van der Waals surface area contributed by atoms with Crippen molar-refractivity contribution in [1.82, 2.24) is 9.88 Å². The summed E-state index contributed by atoms with van der Waals surface area (Å²) in [5.74, 6) is 2.02. The van der Waals surface area contributed by atoms with Crippen LogP contribution < -0.4 is 9.64 Å². The number of rotatable bonds is 5. The van der Waals surface area contributed by atoms with Gasteiger partial charge in [0.15, 0.2) is 5.17 Å². The lowest BCUT2D eigenvalue weighted by molar-refractivity contribution is 0.122. The van der Waals surface area contributed by atoms with Gasteiger partial charge in [-0.15, -0.1) is 0 Å². The predicted molar refractivity (Wildman–Crippen MR) is 122 cm³/mol. The van der Waals surface area contributed by atoms with E-state index in [2.05, 4.69) is 52.0 Å². The number of hydrogen-bond acceptors (Lipinski definition) is 7. The number of pyridine rings is 1. The lowest BCUT2D eigenvalue weighted by Gasteiger charge is -2.33. The number of morpholine rings is 1. The van der Waals surface area contributed by atoms with Crippen LogP contribution in [0.2, 0.25) is 0 Å². The topological polar surface area (TPSA) is 50.2 Å². The van der Waals surface area contributed by atoms with Gasteiger partial charge in [-0.25, -0.2) is 0 Å². The zero-order valence-corrected chi connectivity index (χ0v) is 18.3. The van der Waals surface area contributed by atoms with Crippen molar-refractivity contribution < 1.29 is 9.47 Å². The van der Waals surface area contributed by atoms with Crippen molar-refractivity contribution >= 4 is 22.6 Å². The van der Waals surface area contributed by atoms with Crippen LogP contribution in [-0.2, 0) is 4.74 Å². The van der Waals surface area contributed by atoms with E-state index in [0.717, 1.165) is 60.8 Å². The Morgan fingerprint density at radius 1 is 1.20 bits per heavy atom. The smallest absolute Gasteiger partial charge is 0.160 e. The monoisotopic (exact) mass is 424 g/mol. The number of nitrogens with zero attached hydrogens (tertiary/aromatic N) is 4. The Balaban J connectivity index is 1.54. The quantitative estimate of drug-likeness (QED) is 0.726. The van der Waals surface area contributed by atoms with Gasteiger partial charge in [-0.2, -0.15) is 0 Å². The average Bonchev–Trinajstić information content (AvgIpc) is 3.39. The van der Waals surface area contributed by atoms with Crippen molar-refractivity contribution in [3.8, 4) is 5.75 Å². The first-order valence-corrected chi connectivity index (χ1v) is 11.7. The molecule has 4 heterocycles. The minimum Gasteiger partial charge on any atom is -0.495 e. The molecule has 5 rings (SSSR count). The fourth-order valence-electron chi connectivity index (χ4n) is 4.65. The van der Waals surface area contributed by atoms with Gasteiger partial charge < -0.3 is 19.3 Å². The van der Waals surface area contributed by atoms with E-state index in [-0.39, 0.29) is 12.1 Å². The molecule has 6 nitrogen and oxygen atoms in total. The van der Waals surface area contributed by atoms with Crippen molar-refractivity contribution in [2.75, 3.05) is 44.1 Å². The van der Waals surface area contributed by atoms with E-state index in [1.165, 1.54) is 5.56 Å². The van der Waals surface area contributed by atoms with Crippen LogP contribution in [0.15, 0.2) is 47.6 Å². The van der Waals surface area contributed by atoms with Crippen molar-refractivity contribution in [3.63, 3.8) is 0 Å². The number of benzene rings is 1. The molecule has 3 aliphatic heterocycles. The van der Waals surface area contributed by atoms with Crippen molar-refractivity contribution in [3.05, 3.63) is 53.9 Å². The summed E-state index contributed by atoms with van der Waals surface area (Å²) in [4.78, 5) is 14.6. The van der Waals surface area contributed by atoms with Gasteiger partial charge >= 0.3 is 0 Å². The van der Waals surface area contributed by atoms with Gasteiger partial charge in [0.25, 0.3) is 0 Å². The van der Waals surface area contributed by atoms with Crippen LogP contribution in [0.25, 0.3) is 0 Å². The van der Waals surface area contributed by atoms with E-state index >= 15 is 0 Å². The van der Waals surface area contributed by atoms with E-state index in [9.17, 15) is 0 Å². The molecular weight excluding hydrogens is 396 g/mol. The maximum atomic E-state index is 5.85. The summed E-state index contributed by atoms with van der Waals surface area (Å²) in [5, 5.41) is 1.15. The number of ether oxygens (including phenoxy) is 2. The third-order valence-corrected chi connectivity index (χ3v) is 7.35. The highest BCUT2D eigenvalue weighted by Gasteiger charge is 2.45. The van der Waals surface area contributed by atoms with Gasteiger partial charge in [0.05, 0.1) is 37.7 Å². The van der Waals surface area contributed by atoms with Gasteiger partial charge in [-0.05, 0) is 36.2 Å². The fourth-order valence-corrected chi connectivity index (χ4v) is 5.99. The van der Waals surface area contributed by atoms with Crippen molar-refractivity contribution in [2.24, 2.45) is 4.99 Å². The Labute approximate surface area is 182 Å². The zero-order valence-electron chi connectivity index (χ0n) is 17.5. The molecule has 0 amide bonds. The second-order valence-electron chi connectivity index (χ2n) is 7.87. The standard InChI is InChI=1S/C23H28N4O2S/c1-3-17-15-30-23-25-21(18-6-4-5-9-24-18)22(27(17)23)16-7-8-19(20(14-16)28-2)26-10-12-29-13-11-26/h4-9,14,17,21-22H,3,10-13,15H2,1-2H3/t17-,21-,22+/m1/s1. The number of amidine groups is 1. The summed E-state index contributed by atoms with van der Waals surface area (Å²) in [5.41, 5.74) is 3.40. The molecular formula is C23H28N4O2S. The molecule has 0 N–H and O–H groups in total. The Hall–Kier alpha value is -2.25. The number of aliphatic imine (C=N–C) groups is 1. The summed E-state index contributed by atoms with van der Waals surface area (Å²) in [6, 6.07) is 13.4. The molecule has 2 aromatic rings. The van der Waals surface area contributed by atoms with Gasteiger partial charge in [-0.1, -0.05) is 30.8 Å². The molecule has 158 valence electrons. The molecule has 0 aliphatic carbocycles. The summed E-state index contributed by atoms with van der Waals surface area (Å²) in [7, 11) is 1.76. The van der Waals surface area contributed by atoms with Crippen LogP contribution in [-0.4, -0.2) is 60.3 Å². The Morgan fingerprint density at radius 3 is 2.80 bits per heavy atom. The molecule has 0 bridgehead atoms. The summed E-state index contributed by atoms with van der Waals surface area (Å²) in [6.07, 6.45) is 2.98. The zero-order chi connectivity index (χ0) is 20.5. The third kappa shape index (κ3) is 3.44. The summed E-state index contributed by atoms with van der Waals surface area (Å²) >= 11 is 1.87. The number of methoxy groups -OCH3 is 1. The first kappa shape index (κ1) is 19.7. The molecule has 0 radical (unpaired) electrons. The molecule has 2 fully saturated rings. The maximum absolute atomic E-state index is 5.85. The van der Waals surface area contributed by atoms with Crippen LogP contribution in [0.4, 0.5) is 5.69 Å². The minimum absolute atomic E-state index is 0.00185. The van der Waals surface area contributed by atoms with Crippen LogP contribution in [0, 0.1) is 0 Å². The molecule has 30 heavy (non-hydrogen) atoms. The SMILES string of the molecule is CC[C@@H]1CSC2=N[C@H](c3ccccn3)[C@H](c3ccc(N4CCOCC4)c(OC)c3)N21. The first-order valence-electron chi connectivity index (χ1n) is 10.7. The predicted octanol–water partition coefficient (Wildman–Crippen LogP) is 3.91. The molecule has 7 heteroatoms. The number of aromatic nitrogens is 1. The molecule has 3 atom stereocenters. The Bertz CT molecular complexity index is 917. The largest absolute Gasteiger partial charge is 0.495 e. The van der Waals surface area contributed by atoms with Crippen LogP contribution in [0.1, 0.15) is 36.7 Å². The van der Waals surface area contributed by atoms with E-state index < -0.39 is 0 Å². The second kappa shape index (κ2) is 8.47. The maximum Gasteiger partial charge on any atom is 0.160 e. The number of hydrogen-bond donors (Lipinski definition) is 0. The molecule has 3 aliphatic rings. The second-order valence-corrected chi connectivity index (χ2v) is 8.85. The molecule has 0 unspecified atom stereocenters. The number of fused-ring (bicyclic) bond motifs is 1. The molecule has 1 aromatic heterocycles. The molecule has 0 saturated carbocycles. The Morgan fingerprint density at radius 2 is 2.07 bits per heavy atom. The minimum atomic E-state index is 0.00185. The van der Waals surface area contributed by atoms with Gasteiger partial charge in [0.2, 0.25) is 0 Å². The Kier molecular flexibility index (Phi) is 5.56. The van der Waals surface area contributed by atoms with Crippen LogP contribution in [0.3, 0.4) is 0 Å². The first-order chi connectivity index (χ1) is 14.8. The van der Waals surface area contributed by atoms with Crippen LogP contribution in [0.5, 0.6) is 5.75 Å². The summed E-state index contributed by atoms with van der Waals surface area (Å²) in [6.45, 7) is 5.57. The normalized spacial score (nSPS) is 25.9. The highest BCUT2D eigenvalue weighted by Crippen LogP contribution is 2.49.